The van der Waals surface area contributed by atoms with Crippen molar-refractivity contribution in [2.24, 2.45) is 5.92 Å². The van der Waals surface area contributed by atoms with Gasteiger partial charge in [-0.05, 0) is 36.0 Å². The molecule has 3 rings (SSSR count). The number of ether oxygens (including phenoxy) is 1. The van der Waals surface area contributed by atoms with Gasteiger partial charge in [0.25, 0.3) is 0 Å². The van der Waals surface area contributed by atoms with Gasteiger partial charge >= 0.3 is 7.12 Å². The molecule has 2 aromatic carbocycles. The fourth-order valence-corrected chi connectivity index (χ4v) is 5.22. The minimum absolute atomic E-state index is 0.0195. The van der Waals surface area contributed by atoms with Crippen LogP contribution in [0.25, 0.3) is 11.1 Å². The van der Waals surface area contributed by atoms with Gasteiger partial charge in [-0.2, -0.15) is 4.39 Å². The Bertz CT molecular complexity index is 929. The second-order valence-corrected chi connectivity index (χ2v) is 11.1. The van der Waals surface area contributed by atoms with E-state index in [1.807, 2.05) is 12.1 Å². The lowest BCUT2D eigenvalue weighted by molar-refractivity contribution is 0.0810. The minimum Gasteiger partial charge on any atom is -0.490 e. The SMILES string of the molecule is CCCCCCCCCOc1ccc(-c2ccc(B3OCC(CCCCCCCCC)CO3)cc2)c(F)c1F. The smallest absolute Gasteiger partial charge is 0.490 e. The number of hydrogen-bond donors (Lipinski definition) is 0. The van der Waals surface area contributed by atoms with Gasteiger partial charge in [-0.3, -0.25) is 0 Å². The minimum atomic E-state index is -0.925. The monoisotopic (exact) mass is 542 g/mol. The third kappa shape index (κ3) is 10.9. The normalized spacial score (nSPS) is 14.2. The second kappa shape index (κ2) is 18.4. The molecule has 39 heavy (non-hydrogen) atoms. The standard InChI is InChI=1S/C33H49BF2O3/c1-3-5-7-9-11-13-15-17-27-25-38-34(39-26-27)29-20-18-28(19-21-29)30-22-23-31(33(36)32(30)35)37-24-16-14-12-10-8-6-4-2/h18-23,27H,3-17,24-26H2,1-2H3. The van der Waals surface area contributed by atoms with E-state index in [0.29, 0.717) is 31.3 Å². The maximum Gasteiger partial charge on any atom is 0.493 e. The van der Waals surface area contributed by atoms with Crippen LogP contribution in [0.5, 0.6) is 5.75 Å². The highest BCUT2D eigenvalue weighted by Crippen LogP contribution is 2.30. The summed E-state index contributed by atoms with van der Waals surface area (Å²) in [6.45, 7) is 6.25. The summed E-state index contributed by atoms with van der Waals surface area (Å²) in [5, 5.41) is 0. The zero-order valence-electron chi connectivity index (χ0n) is 24.3. The third-order valence-corrected chi connectivity index (χ3v) is 7.73. The molecule has 1 aliphatic rings. The van der Waals surface area contributed by atoms with Gasteiger partial charge < -0.3 is 14.0 Å². The summed E-state index contributed by atoms with van der Waals surface area (Å²) in [4.78, 5) is 0. The highest BCUT2D eigenvalue weighted by molar-refractivity contribution is 6.61. The zero-order valence-corrected chi connectivity index (χ0v) is 24.3. The summed E-state index contributed by atoms with van der Waals surface area (Å²) in [6.07, 6.45) is 18.4. The number of rotatable bonds is 19. The van der Waals surface area contributed by atoms with Gasteiger partial charge in [0.1, 0.15) is 0 Å². The topological polar surface area (TPSA) is 27.7 Å². The van der Waals surface area contributed by atoms with Crippen LogP contribution in [-0.4, -0.2) is 26.9 Å². The van der Waals surface area contributed by atoms with Crippen molar-refractivity contribution in [2.75, 3.05) is 19.8 Å². The molecule has 3 nitrogen and oxygen atoms in total. The Balaban J connectivity index is 1.41. The van der Waals surface area contributed by atoms with Gasteiger partial charge in [0, 0.05) is 24.7 Å². The van der Waals surface area contributed by atoms with Crippen LogP contribution in [0.1, 0.15) is 110 Å². The van der Waals surface area contributed by atoms with E-state index in [0.717, 1.165) is 31.1 Å². The summed E-state index contributed by atoms with van der Waals surface area (Å²) < 4.78 is 47.1. The van der Waals surface area contributed by atoms with Crippen molar-refractivity contribution in [3.05, 3.63) is 48.0 Å². The van der Waals surface area contributed by atoms with Gasteiger partial charge in [0.05, 0.1) is 6.61 Å². The van der Waals surface area contributed by atoms with E-state index in [-0.39, 0.29) is 11.3 Å². The highest BCUT2D eigenvalue weighted by atomic mass is 19.2. The molecule has 0 aromatic heterocycles. The molecule has 1 heterocycles. The molecule has 2 aromatic rings. The molecule has 0 radical (unpaired) electrons. The predicted molar refractivity (Wildman–Crippen MR) is 159 cm³/mol. The molecule has 216 valence electrons. The van der Waals surface area contributed by atoms with E-state index >= 15 is 0 Å². The summed E-state index contributed by atoms with van der Waals surface area (Å²) in [6, 6.07) is 10.5. The van der Waals surface area contributed by atoms with Crippen molar-refractivity contribution >= 4 is 12.6 Å². The van der Waals surface area contributed by atoms with Crippen LogP contribution in [0.3, 0.4) is 0 Å². The van der Waals surface area contributed by atoms with E-state index in [1.54, 1.807) is 18.2 Å². The van der Waals surface area contributed by atoms with Gasteiger partial charge in [0.15, 0.2) is 11.6 Å². The van der Waals surface area contributed by atoms with Crippen LogP contribution < -0.4 is 10.2 Å². The second-order valence-electron chi connectivity index (χ2n) is 11.1. The largest absolute Gasteiger partial charge is 0.493 e. The van der Waals surface area contributed by atoms with Crippen molar-refractivity contribution in [2.45, 2.75) is 110 Å². The fraction of sp³-hybridized carbons (Fsp3) is 0.636. The lowest BCUT2D eigenvalue weighted by Gasteiger charge is -2.27. The van der Waals surface area contributed by atoms with Crippen LogP contribution in [0.4, 0.5) is 8.78 Å². The molecule has 0 bridgehead atoms. The van der Waals surface area contributed by atoms with Gasteiger partial charge in [-0.25, -0.2) is 4.39 Å². The van der Waals surface area contributed by atoms with Gasteiger partial charge in [-0.1, -0.05) is 122 Å². The van der Waals surface area contributed by atoms with E-state index in [2.05, 4.69) is 13.8 Å². The molecule has 0 unspecified atom stereocenters. The Hall–Kier alpha value is -1.92. The van der Waals surface area contributed by atoms with Crippen LogP contribution >= 0.6 is 0 Å². The van der Waals surface area contributed by atoms with Crippen molar-refractivity contribution in [3.8, 4) is 16.9 Å². The quantitative estimate of drug-likeness (QED) is 0.131. The molecule has 0 amide bonds. The van der Waals surface area contributed by atoms with Crippen LogP contribution in [0.15, 0.2) is 36.4 Å². The Labute approximate surface area is 236 Å². The molecular weight excluding hydrogens is 493 g/mol. The van der Waals surface area contributed by atoms with Crippen molar-refractivity contribution in [3.63, 3.8) is 0 Å². The molecule has 1 aliphatic heterocycles. The first-order chi connectivity index (χ1) is 19.1. The van der Waals surface area contributed by atoms with Crippen LogP contribution in [0.2, 0.25) is 0 Å². The van der Waals surface area contributed by atoms with Crippen LogP contribution in [-0.2, 0) is 9.31 Å². The summed E-state index contributed by atoms with van der Waals surface area (Å²) in [7, 11) is -0.409. The molecular formula is C33H49BF2O3. The van der Waals surface area contributed by atoms with Gasteiger partial charge in [-0.15, -0.1) is 0 Å². The summed E-state index contributed by atoms with van der Waals surface area (Å²) in [5.41, 5.74) is 1.73. The zero-order chi connectivity index (χ0) is 27.7. The van der Waals surface area contributed by atoms with E-state index in [9.17, 15) is 8.78 Å². The van der Waals surface area contributed by atoms with Gasteiger partial charge in [0.2, 0.25) is 5.82 Å². The molecule has 6 heteroatoms. The first-order valence-corrected chi connectivity index (χ1v) is 15.6. The lowest BCUT2D eigenvalue weighted by atomic mass is 9.76. The number of hydrogen-bond acceptors (Lipinski definition) is 3. The maximum atomic E-state index is 14.9. The maximum absolute atomic E-state index is 14.9. The number of benzene rings is 2. The molecule has 1 saturated heterocycles. The molecule has 1 fully saturated rings. The molecule has 0 spiro atoms. The number of unbranched alkanes of at least 4 members (excludes halogenated alkanes) is 12. The first kappa shape index (κ1) is 31.6. The lowest BCUT2D eigenvalue weighted by Crippen LogP contribution is -2.44. The summed E-state index contributed by atoms with van der Waals surface area (Å²) in [5.74, 6) is -1.38. The van der Waals surface area contributed by atoms with Crippen molar-refractivity contribution in [1.82, 2.24) is 0 Å². The Kier molecular flexibility index (Phi) is 14.9. The summed E-state index contributed by atoms with van der Waals surface area (Å²) >= 11 is 0. The van der Waals surface area contributed by atoms with E-state index in [1.165, 1.54) is 76.7 Å². The average Bonchev–Trinajstić information content (AvgIpc) is 2.96. The third-order valence-electron chi connectivity index (χ3n) is 7.73. The Morgan fingerprint density at radius 2 is 1.26 bits per heavy atom. The first-order valence-electron chi connectivity index (χ1n) is 15.6. The molecule has 0 N–H and O–H groups in total. The fourth-order valence-electron chi connectivity index (χ4n) is 5.22. The number of halogens is 2. The average molecular weight is 543 g/mol. The van der Waals surface area contributed by atoms with E-state index in [4.69, 9.17) is 14.0 Å². The Morgan fingerprint density at radius 3 is 1.87 bits per heavy atom. The molecule has 0 saturated carbocycles. The molecule has 0 aliphatic carbocycles. The van der Waals surface area contributed by atoms with Crippen molar-refractivity contribution in [1.29, 1.82) is 0 Å². The highest BCUT2D eigenvalue weighted by Gasteiger charge is 2.29. The van der Waals surface area contributed by atoms with E-state index < -0.39 is 18.8 Å². The predicted octanol–water partition coefficient (Wildman–Crippen LogP) is 9.26. The molecule has 0 atom stereocenters. The van der Waals surface area contributed by atoms with Crippen molar-refractivity contribution < 1.29 is 22.8 Å². The Morgan fingerprint density at radius 1 is 0.692 bits per heavy atom. The van der Waals surface area contributed by atoms with Crippen LogP contribution in [0, 0.1) is 17.6 Å².